The number of rotatable bonds is 9. The van der Waals surface area contributed by atoms with Gasteiger partial charge in [0.1, 0.15) is 5.78 Å². The summed E-state index contributed by atoms with van der Waals surface area (Å²) in [5, 5.41) is 10.4. The maximum atomic E-state index is 12.4. The third-order valence-electron chi connectivity index (χ3n) is 6.44. The number of Topliss-reactive ketones (excluding diaryl/α,β-unsaturated/α-hetero) is 1. The average Bonchev–Trinajstić information content (AvgIpc) is 3.03. The molecule has 0 saturated heterocycles. The highest BCUT2D eigenvalue weighted by Crippen LogP contribution is 2.41. The highest BCUT2D eigenvalue weighted by atomic mass is 16.5. The van der Waals surface area contributed by atoms with Crippen LogP contribution < -0.4 is 0 Å². The van der Waals surface area contributed by atoms with Gasteiger partial charge in [0.25, 0.3) is 0 Å². The van der Waals surface area contributed by atoms with Gasteiger partial charge in [-0.25, -0.2) is 0 Å². The molecule has 1 N–H and O–H groups in total. The molecule has 2 fully saturated rings. The lowest BCUT2D eigenvalue weighted by atomic mass is 9.78. The normalized spacial score (nSPS) is 23.7. The largest absolute Gasteiger partial charge is 0.469 e. The number of benzene rings is 1. The molecule has 1 aromatic rings. The molecule has 2 aliphatic rings. The second-order valence-electron chi connectivity index (χ2n) is 8.20. The number of carbonyl (C=O) groups excluding carboxylic acids is 2. The number of ether oxygens (including phenoxy) is 1. The van der Waals surface area contributed by atoms with Crippen LogP contribution >= 0.6 is 0 Å². The van der Waals surface area contributed by atoms with Crippen molar-refractivity contribution < 1.29 is 19.4 Å². The van der Waals surface area contributed by atoms with Gasteiger partial charge in [-0.3, -0.25) is 9.59 Å². The van der Waals surface area contributed by atoms with Crippen LogP contribution in [0.15, 0.2) is 36.4 Å². The van der Waals surface area contributed by atoms with Crippen molar-refractivity contribution in [1.82, 2.24) is 0 Å². The van der Waals surface area contributed by atoms with Gasteiger partial charge in [0.15, 0.2) is 0 Å². The van der Waals surface area contributed by atoms with Crippen LogP contribution in [0.25, 0.3) is 0 Å². The van der Waals surface area contributed by atoms with Crippen molar-refractivity contribution in [2.24, 2.45) is 11.8 Å². The Kier molecular flexibility index (Phi) is 7.43. The zero-order valence-electron chi connectivity index (χ0n) is 16.8. The number of ketones is 1. The van der Waals surface area contributed by atoms with Crippen molar-refractivity contribution in [2.45, 2.75) is 69.8 Å². The van der Waals surface area contributed by atoms with Crippen LogP contribution in [0.2, 0.25) is 0 Å². The zero-order valence-corrected chi connectivity index (χ0v) is 16.8. The van der Waals surface area contributed by atoms with Crippen molar-refractivity contribution in [2.75, 3.05) is 7.11 Å². The predicted octanol–water partition coefficient (Wildman–Crippen LogP) is 4.87. The molecule has 3 rings (SSSR count). The van der Waals surface area contributed by atoms with Crippen molar-refractivity contribution in [3.05, 3.63) is 47.5 Å². The van der Waals surface area contributed by atoms with Gasteiger partial charge in [0, 0.05) is 18.8 Å². The lowest BCUT2D eigenvalue weighted by molar-refractivity contribution is -0.140. The fourth-order valence-corrected chi connectivity index (χ4v) is 4.40. The quantitative estimate of drug-likeness (QED) is 0.375. The van der Waals surface area contributed by atoms with Crippen LogP contribution in [-0.4, -0.2) is 24.0 Å². The van der Waals surface area contributed by atoms with Crippen LogP contribution in [-0.2, 0) is 14.3 Å². The van der Waals surface area contributed by atoms with Gasteiger partial charge < -0.3 is 9.84 Å². The van der Waals surface area contributed by atoms with Gasteiger partial charge in [0.05, 0.1) is 13.2 Å². The minimum atomic E-state index is -0.350. The van der Waals surface area contributed by atoms with E-state index >= 15 is 0 Å². The van der Waals surface area contributed by atoms with Gasteiger partial charge >= 0.3 is 5.97 Å². The first-order valence-corrected chi connectivity index (χ1v) is 10.6. The van der Waals surface area contributed by atoms with Gasteiger partial charge in [-0.15, -0.1) is 0 Å². The number of esters is 1. The molecule has 0 aromatic heterocycles. The van der Waals surface area contributed by atoms with Crippen molar-refractivity contribution in [3.8, 4) is 0 Å². The number of aliphatic hydroxyl groups excluding tert-OH is 1. The third kappa shape index (κ3) is 5.11. The second-order valence-corrected chi connectivity index (χ2v) is 8.20. The SMILES string of the molecule is COC(=O)CCCC=CC[C@H]1C(=O)CC[C@@H]1c1ccc(C(O)C2CCC2)cc1. The van der Waals surface area contributed by atoms with Gasteiger partial charge in [0.2, 0.25) is 0 Å². The zero-order chi connectivity index (χ0) is 19.9. The van der Waals surface area contributed by atoms with Crippen LogP contribution in [0.3, 0.4) is 0 Å². The molecule has 4 heteroatoms. The van der Waals surface area contributed by atoms with E-state index in [1.807, 2.05) is 12.1 Å². The number of unbranched alkanes of at least 4 members (excludes halogenated alkanes) is 1. The minimum Gasteiger partial charge on any atom is -0.469 e. The lowest BCUT2D eigenvalue weighted by Gasteiger charge is -2.30. The van der Waals surface area contributed by atoms with Gasteiger partial charge in [-0.05, 0) is 61.5 Å². The molecule has 0 radical (unpaired) electrons. The van der Waals surface area contributed by atoms with E-state index in [-0.39, 0.29) is 23.9 Å². The number of aliphatic hydroxyl groups is 1. The number of methoxy groups -OCH3 is 1. The highest BCUT2D eigenvalue weighted by Gasteiger charge is 2.34. The van der Waals surface area contributed by atoms with Crippen molar-refractivity contribution in [3.63, 3.8) is 0 Å². The molecule has 0 aliphatic heterocycles. The Bertz CT molecular complexity index is 687. The molecule has 0 bridgehead atoms. The molecule has 152 valence electrons. The monoisotopic (exact) mass is 384 g/mol. The molecular formula is C24H32O4. The smallest absolute Gasteiger partial charge is 0.305 e. The molecule has 2 aliphatic carbocycles. The molecule has 0 spiro atoms. The maximum absolute atomic E-state index is 12.4. The van der Waals surface area contributed by atoms with E-state index in [0.717, 1.165) is 44.1 Å². The first-order chi connectivity index (χ1) is 13.6. The summed E-state index contributed by atoms with van der Waals surface area (Å²) in [5.74, 6) is 0.894. The molecule has 2 saturated carbocycles. The van der Waals surface area contributed by atoms with E-state index < -0.39 is 0 Å². The standard InChI is InChI=1S/C24H32O4/c1-28-23(26)10-5-3-2-4-9-21-20(15-16-22(21)25)17-11-13-19(14-12-17)24(27)18-7-6-8-18/h2,4,11-14,18,20-21,24,27H,3,5-10,15-16H2,1H3/t20-,21-,24?/m1/s1. The van der Waals surface area contributed by atoms with E-state index in [1.54, 1.807) is 0 Å². The third-order valence-corrected chi connectivity index (χ3v) is 6.44. The van der Waals surface area contributed by atoms with Crippen molar-refractivity contribution >= 4 is 11.8 Å². The number of carbonyl (C=O) groups is 2. The Hall–Kier alpha value is -1.94. The van der Waals surface area contributed by atoms with Crippen molar-refractivity contribution in [1.29, 1.82) is 0 Å². The number of hydrogen-bond acceptors (Lipinski definition) is 4. The molecule has 3 atom stereocenters. The Morgan fingerprint density at radius 2 is 1.96 bits per heavy atom. The first-order valence-electron chi connectivity index (χ1n) is 10.6. The Labute approximate surface area is 168 Å². The molecular weight excluding hydrogens is 352 g/mol. The van der Waals surface area contributed by atoms with E-state index in [9.17, 15) is 14.7 Å². The summed E-state index contributed by atoms with van der Waals surface area (Å²) in [5.41, 5.74) is 2.21. The van der Waals surface area contributed by atoms with E-state index in [2.05, 4.69) is 29.0 Å². The molecule has 28 heavy (non-hydrogen) atoms. The molecule has 0 amide bonds. The molecule has 4 nitrogen and oxygen atoms in total. The maximum Gasteiger partial charge on any atom is 0.305 e. The fraction of sp³-hybridized carbons (Fsp3) is 0.583. The summed E-state index contributed by atoms with van der Waals surface area (Å²) >= 11 is 0. The minimum absolute atomic E-state index is 0.0410. The Morgan fingerprint density at radius 1 is 1.21 bits per heavy atom. The van der Waals surface area contributed by atoms with Crippen LogP contribution in [0.4, 0.5) is 0 Å². The molecule has 1 unspecified atom stereocenters. The Balaban J connectivity index is 1.53. The summed E-state index contributed by atoms with van der Waals surface area (Å²) in [7, 11) is 1.41. The van der Waals surface area contributed by atoms with Crippen LogP contribution in [0.5, 0.6) is 0 Å². The topological polar surface area (TPSA) is 63.6 Å². The van der Waals surface area contributed by atoms with Crippen LogP contribution in [0, 0.1) is 11.8 Å². The van der Waals surface area contributed by atoms with E-state index in [1.165, 1.54) is 19.1 Å². The summed E-state index contributed by atoms with van der Waals surface area (Å²) in [4.78, 5) is 23.5. The van der Waals surface area contributed by atoms with E-state index in [0.29, 0.717) is 24.5 Å². The van der Waals surface area contributed by atoms with Gasteiger partial charge in [-0.1, -0.05) is 42.8 Å². The van der Waals surface area contributed by atoms with Crippen LogP contribution in [0.1, 0.15) is 80.9 Å². The number of hydrogen-bond donors (Lipinski definition) is 1. The Morgan fingerprint density at radius 3 is 2.61 bits per heavy atom. The summed E-state index contributed by atoms with van der Waals surface area (Å²) in [6, 6.07) is 8.29. The van der Waals surface area contributed by atoms with E-state index in [4.69, 9.17) is 0 Å². The summed E-state index contributed by atoms with van der Waals surface area (Å²) in [6.07, 6.45) is 11.6. The highest BCUT2D eigenvalue weighted by molar-refractivity contribution is 5.84. The molecule has 0 heterocycles. The average molecular weight is 385 g/mol. The number of allylic oxidation sites excluding steroid dienone is 2. The fourth-order valence-electron chi connectivity index (χ4n) is 4.40. The summed E-state index contributed by atoms with van der Waals surface area (Å²) < 4.78 is 4.64. The first kappa shape index (κ1) is 20.8. The lowest BCUT2D eigenvalue weighted by Crippen LogP contribution is -2.20. The van der Waals surface area contributed by atoms with Gasteiger partial charge in [-0.2, -0.15) is 0 Å². The predicted molar refractivity (Wildman–Crippen MR) is 109 cm³/mol. The molecule has 1 aromatic carbocycles. The summed E-state index contributed by atoms with van der Waals surface area (Å²) in [6.45, 7) is 0. The second kappa shape index (κ2) is 10.0.